The highest BCUT2D eigenvalue weighted by molar-refractivity contribution is 6.32. The molecule has 7 heavy (non-hydrogen) atoms. The van der Waals surface area contributed by atoms with E-state index >= 15 is 0 Å². The van der Waals surface area contributed by atoms with Gasteiger partial charge in [-0.05, 0) is 0 Å². The van der Waals surface area contributed by atoms with E-state index in [4.69, 9.17) is 0 Å². The summed E-state index contributed by atoms with van der Waals surface area (Å²) in [7, 11) is 3.93. The fourth-order valence-electron chi connectivity index (χ4n) is 0.544. The van der Waals surface area contributed by atoms with Gasteiger partial charge in [-0.15, -0.1) is 0 Å². The van der Waals surface area contributed by atoms with Crippen molar-refractivity contribution in [3.8, 4) is 0 Å². The Morgan fingerprint density at radius 1 is 1.71 bits per heavy atom. The molecule has 1 aromatic rings. The van der Waals surface area contributed by atoms with Gasteiger partial charge >= 0.3 is 0 Å². The van der Waals surface area contributed by atoms with Crippen molar-refractivity contribution in [1.29, 1.82) is 0 Å². The average molecular weight is 91.7 g/mol. The molecule has 0 saturated heterocycles. The number of rotatable bonds is 0. The van der Waals surface area contributed by atoms with Gasteiger partial charge in [0.05, 0.1) is 0 Å². The summed E-state index contributed by atoms with van der Waals surface area (Å²) in [5, 5.41) is 3.93. The van der Waals surface area contributed by atoms with Gasteiger partial charge in [-0.3, -0.25) is 0 Å². The van der Waals surface area contributed by atoms with Gasteiger partial charge in [-0.2, -0.15) is 5.10 Å². The van der Waals surface area contributed by atoms with Crippen LogP contribution in [0.15, 0.2) is 12.4 Å². The predicted octanol–water partition coefficient (Wildman–Crippen LogP) is -2.46. The van der Waals surface area contributed by atoms with E-state index in [9.17, 15) is 0 Å². The van der Waals surface area contributed by atoms with Crippen LogP contribution in [-0.4, -0.2) is 25.5 Å². The third kappa shape index (κ3) is 0.856. The summed E-state index contributed by atoms with van der Waals surface area (Å²) in [5.41, 5.74) is 1.21. The van der Waals surface area contributed by atoms with Crippen LogP contribution in [0, 0.1) is 0 Å². The second-order valence-electron chi connectivity index (χ2n) is 1.69. The van der Waals surface area contributed by atoms with Crippen molar-refractivity contribution in [2.75, 3.05) is 0 Å². The van der Waals surface area contributed by atoms with Gasteiger partial charge in [-0.1, -0.05) is 5.46 Å². The molecular weight excluding hydrogens is 85.7 g/mol. The lowest BCUT2D eigenvalue weighted by atomic mass is 10.0. The molecule has 0 unspecified atom stereocenters. The zero-order valence-electron chi connectivity index (χ0n) is 4.55. The Bertz CT molecular complexity index is 143. The molecular formula is C3H6B2N2. The lowest BCUT2D eigenvalue weighted by Gasteiger charge is -1.78. The molecule has 1 heterocycles. The van der Waals surface area contributed by atoms with Crippen molar-refractivity contribution in [3.05, 3.63) is 12.4 Å². The van der Waals surface area contributed by atoms with E-state index < -0.39 is 0 Å². The van der Waals surface area contributed by atoms with Crippen LogP contribution in [-0.2, 0) is 0 Å². The largest absolute Gasteiger partial charge is 0.327 e. The number of aromatic nitrogens is 2. The summed E-state index contributed by atoms with van der Waals surface area (Å²) in [5.74, 6) is 0. The maximum absolute atomic E-state index is 3.93. The van der Waals surface area contributed by atoms with Crippen LogP contribution in [0.25, 0.3) is 0 Å². The average Bonchev–Trinajstić information content (AvgIpc) is 1.87. The third-order valence-electron chi connectivity index (χ3n) is 0.834. The monoisotopic (exact) mass is 92.1 g/mol. The highest BCUT2D eigenvalue weighted by Gasteiger charge is 1.81. The zero-order chi connectivity index (χ0) is 5.28. The van der Waals surface area contributed by atoms with Crippen LogP contribution in [0.1, 0.15) is 0 Å². The molecule has 0 amide bonds. The molecule has 1 aromatic heterocycles. The second-order valence-corrected chi connectivity index (χ2v) is 1.69. The van der Waals surface area contributed by atoms with Gasteiger partial charge in [0.1, 0.15) is 7.85 Å². The van der Waals surface area contributed by atoms with E-state index in [1.54, 1.807) is 4.59 Å². The smallest absolute Gasteiger partial charge is 0.248 e. The van der Waals surface area contributed by atoms with E-state index in [0.29, 0.717) is 0 Å². The molecule has 0 N–H and O–H groups in total. The molecule has 2 nitrogen and oxygen atoms in total. The molecule has 0 fully saturated rings. The van der Waals surface area contributed by atoms with E-state index in [1.807, 2.05) is 28.2 Å². The minimum atomic E-state index is 1.21. The van der Waals surface area contributed by atoms with Crippen molar-refractivity contribution in [2.24, 2.45) is 0 Å². The molecule has 0 aliphatic heterocycles. The second kappa shape index (κ2) is 1.45. The number of hydrogen-bond acceptors (Lipinski definition) is 1. The van der Waals surface area contributed by atoms with E-state index in [-0.39, 0.29) is 0 Å². The minimum Gasteiger partial charge on any atom is -0.327 e. The first-order valence-electron chi connectivity index (χ1n) is 2.24. The quantitative estimate of drug-likeness (QED) is 0.324. The summed E-state index contributed by atoms with van der Waals surface area (Å²) in [6.45, 7) is 0. The number of hydrogen-bond donors (Lipinski definition) is 0. The fraction of sp³-hybridized carbons (Fsp3) is 0. The van der Waals surface area contributed by atoms with Crippen LogP contribution in [0.3, 0.4) is 0 Å². The maximum Gasteiger partial charge on any atom is 0.248 e. The molecule has 0 atom stereocenters. The highest BCUT2D eigenvalue weighted by Crippen LogP contribution is 1.67. The first kappa shape index (κ1) is 4.50. The summed E-state index contributed by atoms with van der Waals surface area (Å²) in [4.78, 5) is 0. The van der Waals surface area contributed by atoms with Crippen LogP contribution >= 0.6 is 0 Å². The van der Waals surface area contributed by atoms with E-state index in [2.05, 4.69) is 5.10 Å². The molecule has 0 saturated carbocycles. The van der Waals surface area contributed by atoms with Gasteiger partial charge in [-0.25, -0.2) is 0 Å². The van der Waals surface area contributed by atoms with Gasteiger partial charge in [0.2, 0.25) is 7.98 Å². The Kier molecular flexibility index (Phi) is 0.929. The normalized spacial score (nSPS) is 9.14. The molecule has 1 rings (SSSR count). The first-order valence-corrected chi connectivity index (χ1v) is 2.24. The summed E-state index contributed by atoms with van der Waals surface area (Å²) >= 11 is 0. The van der Waals surface area contributed by atoms with Gasteiger partial charge < -0.3 is 4.59 Å². The number of nitrogens with zero attached hydrogens (tertiary/aromatic N) is 2. The molecule has 0 aliphatic rings. The Labute approximate surface area is 44.4 Å². The molecule has 0 aliphatic carbocycles. The predicted molar refractivity (Wildman–Crippen MR) is 34.3 cm³/mol. The Hall–Kier alpha value is -0.660. The minimum absolute atomic E-state index is 1.21. The van der Waals surface area contributed by atoms with Gasteiger partial charge in [0.15, 0.2) is 0 Å². The standard InChI is InChI=1S/C3H6B2N2/c4-3-1-6-7(5)2-3/h1-2H,4-5H2. The highest BCUT2D eigenvalue weighted by atomic mass is 15.2. The Morgan fingerprint density at radius 2 is 2.43 bits per heavy atom. The molecule has 0 aromatic carbocycles. The van der Waals surface area contributed by atoms with Crippen molar-refractivity contribution < 1.29 is 0 Å². The van der Waals surface area contributed by atoms with Gasteiger partial charge in [0, 0.05) is 12.4 Å². The Balaban J connectivity index is 3.04. The van der Waals surface area contributed by atoms with E-state index in [0.717, 1.165) is 0 Å². The van der Waals surface area contributed by atoms with E-state index in [1.165, 1.54) is 5.46 Å². The molecule has 0 radical (unpaired) electrons. The summed E-state index contributed by atoms with van der Waals surface area (Å²) in [6, 6.07) is 0. The topological polar surface area (TPSA) is 17.8 Å². The van der Waals surface area contributed by atoms with Crippen LogP contribution < -0.4 is 5.46 Å². The lowest BCUT2D eigenvalue weighted by Crippen LogP contribution is -1.96. The molecule has 0 spiro atoms. The fourth-order valence-corrected chi connectivity index (χ4v) is 0.544. The van der Waals surface area contributed by atoms with Crippen LogP contribution in [0.4, 0.5) is 0 Å². The maximum atomic E-state index is 3.93. The van der Waals surface area contributed by atoms with Gasteiger partial charge in [0.25, 0.3) is 0 Å². The van der Waals surface area contributed by atoms with Crippen LogP contribution in [0.5, 0.6) is 0 Å². The van der Waals surface area contributed by atoms with Crippen molar-refractivity contribution >= 4 is 21.3 Å². The SMILES string of the molecule is Bc1cnn(B)c1. The van der Waals surface area contributed by atoms with Crippen LogP contribution in [0.2, 0.25) is 0 Å². The molecule has 0 bridgehead atoms. The molecule has 34 valence electrons. The van der Waals surface area contributed by atoms with Crippen molar-refractivity contribution in [2.45, 2.75) is 0 Å². The summed E-state index contributed by atoms with van der Waals surface area (Å²) in [6.07, 6.45) is 3.81. The zero-order valence-corrected chi connectivity index (χ0v) is 4.55. The third-order valence-corrected chi connectivity index (χ3v) is 0.834. The van der Waals surface area contributed by atoms with Crippen molar-refractivity contribution in [3.63, 3.8) is 0 Å². The summed E-state index contributed by atoms with van der Waals surface area (Å²) < 4.78 is 1.79. The van der Waals surface area contributed by atoms with Crippen molar-refractivity contribution in [1.82, 2.24) is 9.69 Å². The first-order chi connectivity index (χ1) is 3.29. The Morgan fingerprint density at radius 3 is 2.57 bits per heavy atom. The molecule has 4 heteroatoms. The lowest BCUT2D eigenvalue weighted by molar-refractivity contribution is 0.992.